The molecule has 2 heterocycles. The highest BCUT2D eigenvalue weighted by Crippen LogP contribution is 2.29. The van der Waals surface area contributed by atoms with Gasteiger partial charge in [-0.3, -0.25) is 14.7 Å². The number of carbonyl (C=O) groups is 1. The molecule has 0 aromatic carbocycles. The first-order chi connectivity index (χ1) is 14.4. The number of hydrogen-bond donors (Lipinski definition) is 1. The Hall–Kier alpha value is -1.61. The van der Waals surface area contributed by atoms with E-state index < -0.39 is 12.7 Å². The Labute approximate surface area is 179 Å². The molecule has 1 N–H and O–H groups in total. The van der Waals surface area contributed by atoms with Crippen LogP contribution in [-0.4, -0.2) is 65.2 Å². The van der Waals surface area contributed by atoms with E-state index in [-0.39, 0.29) is 17.1 Å². The van der Waals surface area contributed by atoms with Gasteiger partial charge >= 0.3 is 6.18 Å². The van der Waals surface area contributed by atoms with Crippen molar-refractivity contribution in [2.75, 3.05) is 25.4 Å². The molecule has 0 aromatic rings. The number of hydrogen-bond acceptors (Lipinski definition) is 5. The molecule has 0 aromatic heterocycles. The number of piperidine rings is 1. The summed E-state index contributed by atoms with van der Waals surface area (Å²) in [6.45, 7) is 0.0744. The second kappa shape index (κ2) is 9.26. The lowest BCUT2D eigenvalue weighted by molar-refractivity contribution is -0.147. The van der Waals surface area contributed by atoms with Crippen molar-refractivity contribution in [1.82, 2.24) is 10.2 Å². The van der Waals surface area contributed by atoms with Crippen LogP contribution in [0, 0.1) is 5.92 Å². The molecule has 1 unspecified atom stereocenters. The number of likely N-dealkylation sites (tertiary alicyclic amines) is 1. The minimum atomic E-state index is -4.14. The van der Waals surface area contributed by atoms with Crippen LogP contribution in [0.2, 0.25) is 0 Å². The number of thioether (sulfide) groups is 1. The minimum absolute atomic E-state index is 0.0805. The Morgan fingerprint density at radius 3 is 2.63 bits per heavy atom. The number of allylic oxidation sites excluding steroid dienone is 2. The largest absolute Gasteiger partial charge is 0.401 e. The number of rotatable bonds is 5. The van der Waals surface area contributed by atoms with Crippen molar-refractivity contribution in [3.8, 4) is 0 Å². The SMILES string of the molecule is O=C1NC(CSC2CCN(CC(F)(F)F)CC2)=NC2=CC(=NC3CCCC3)C=CC12. The van der Waals surface area contributed by atoms with Gasteiger partial charge in [-0.05, 0) is 50.9 Å². The second-order valence-electron chi connectivity index (χ2n) is 8.35. The molecule has 9 heteroatoms. The van der Waals surface area contributed by atoms with Crippen LogP contribution in [0.4, 0.5) is 13.2 Å². The first kappa shape index (κ1) is 21.6. The van der Waals surface area contributed by atoms with E-state index in [0.717, 1.165) is 24.3 Å². The zero-order valence-corrected chi connectivity index (χ0v) is 17.6. The number of aliphatic imine (C=N–C) groups is 2. The van der Waals surface area contributed by atoms with Crippen molar-refractivity contribution in [3.05, 3.63) is 23.9 Å². The van der Waals surface area contributed by atoms with Crippen molar-refractivity contribution < 1.29 is 18.0 Å². The van der Waals surface area contributed by atoms with Crippen molar-refractivity contribution in [2.24, 2.45) is 15.9 Å². The number of fused-ring (bicyclic) bond motifs is 1. The highest BCUT2D eigenvalue weighted by Gasteiger charge is 2.33. The predicted molar refractivity (Wildman–Crippen MR) is 114 cm³/mol. The predicted octanol–water partition coefficient (Wildman–Crippen LogP) is 3.73. The molecule has 164 valence electrons. The summed E-state index contributed by atoms with van der Waals surface area (Å²) in [6, 6.07) is 0.373. The molecule has 4 aliphatic rings. The fourth-order valence-corrected chi connectivity index (χ4v) is 5.46. The van der Waals surface area contributed by atoms with Gasteiger partial charge in [0, 0.05) is 5.25 Å². The van der Waals surface area contributed by atoms with Crippen molar-refractivity contribution in [2.45, 2.75) is 56.0 Å². The van der Waals surface area contributed by atoms with Gasteiger partial charge < -0.3 is 5.32 Å². The van der Waals surface area contributed by atoms with E-state index in [2.05, 4.69) is 10.3 Å². The molecule has 0 bridgehead atoms. The lowest BCUT2D eigenvalue weighted by atomic mass is 9.96. The Morgan fingerprint density at radius 1 is 1.20 bits per heavy atom. The van der Waals surface area contributed by atoms with E-state index in [1.54, 1.807) is 11.8 Å². The molecule has 2 fully saturated rings. The third kappa shape index (κ3) is 5.75. The molecular formula is C21H27F3N4OS. The number of amides is 1. The maximum Gasteiger partial charge on any atom is 0.401 e. The topological polar surface area (TPSA) is 57.1 Å². The van der Waals surface area contributed by atoms with Crippen molar-refractivity contribution in [1.29, 1.82) is 0 Å². The van der Waals surface area contributed by atoms with Gasteiger partial charge in [0.1, 0.15) is 5.84 Å². The number of alkyl halides is 3. The van der Waals surface area contributed by atoms with Crippen LogP contribution >= 0.6 is 11.8 Å². The molecule has 0 spiro atoms. The van der Waals surface area contributed by atoms with Gasteiger partial charge in [-0.1, -0.05) is 18.9 Å². The summed E-state index contributed by atoms with van der Waals surface area (Å²) < 4.78 is 37.6. The summed E-state index contributed by atoms with van der Waals surface area (Å²) in [7, 11) is 0. The van der Waals surface area contributed by atoms with Crippen molar-refractivity contribution >= 4 is 29.2 Å². The van der Waals surface area contributed by atoms with Crippen LogP contribution < -0.4 is 5.32 Å². The van der Waals surface area contributed by atoms with E-state index in [1.165, 1.54) is 17.7 Å². The molecule has 0 radical (unpaired) electrons. The number of nitrogens with one attached hydrogen (secondary N) is 1. The molecule has 5 nitrogen and oxygen atoms in total. The van der Waals surface area contributed by atoms with E-state index in [0.29, 0.717) is 43.6 Å². The molecule has 2 aliphatic heterocycles. The molecule has 1 atom stereocenters. The Balaban J connectivity index is 1.32. The molecule has 4 rings (SSSR count). The first-order valence-corrected chi connectivity index (χ1v) is 11.7. The minimum Gasteiger partial charge on any atom is -0.313 e. The van der Waals surface area contributed by atoms with Crippen LogP contribution in [0.3, 0.4) is 0 Å². The lowest BCUT2D eigenvalue weighted by Gasteiger charge is -2.32. The molecule has 1 saturated carbocycles. The molecule has 1 saturated heterocycles. The fourth-order valence-electron chi connectivity index (χ4n) is 4.39. The second-order valence-corrected chi connectivity index (χ2v) is 9.64. The third-order valence-corrected chi connectivity index (χ3v) is 7.32. The van der Waals surface area contributed by atoms with E-state index in [4.69, 9.17) is 4.99 Å². The summed E-state index contributed by atoms with van der Waals surface area (Å²) in [5.41, 5.74) is 1.62. The van der Waals surface area contributed by atoms with E-state index in [1.807, 2.05) is 18.2 Å². The summed E-state index contributed by atoms with van der Waals surface area (Å²) >= 11 is 1.66. The number of carbonyl (C=O) groups excluding carboxylic acids is 1. The van der Waals surface area contributed by atoms with Gasteiger partial charge in [0.05, 0.1) is 35.7 Å². The Kier molecular flexibility index (Phi) is 6.67. The van der Waals surface area contributed by atoms with Gasteiger partial charge in [0.15, 0.2) is 0 Å². The zero-order chi connectivity index (χ0) is 21.1. The van der Waals surface area contributed by atoms with Gasteiger partial charge in [-0.2, -0.15) is 24.9 Å². The number of amidine groups is 1. The number of halogens is 3. The Morgan fingerprint density at radius 2 is 1.93 bits per heavy atom. The fraction of sp³-hybridized carbons (Fsp3) is 0.667. The van der Waals surface area contributed by atoms with Crippen LogP contribution in [0.5, 0.6) is 0 Å². The van der Waals surface area contributed by atoms with Gasteiger partial charge in [-0.15, -0.1) is 0 Å². The summed E-state index contributed by atoms with van der Waals surface area (Å²) in [5, 5.41) is 3.17. The van der Waals surface area contributed by atoms with Gasteiger partial charge in [-0.25, -0.2) is 4.99 Å². The van der Waals surface area contributed by atoms with Crippen molar-refractivity contribution in [3.63, 3.8) is 0 Å². The average molecular weight is 441 g/mol. The van der Waals surface area contributed by atoms with Crippen LogP contribution in [0.15, 0.2) is 33.9 Å². The monoisotopic (exact) mass is 440 g/mol. The highest BCUT2D eigenvalue weighted by atomic mass is 32.2. The maximum absolute atomic E-state index is 12.5. The molecule has 1 amide bonds. The van der Waals surface area contributed by atoms with Gasteiger partial charge in [0.25, 0.3) is 0 Å². The standard InChI is InChI=1S/C21H27F3N4OS/c22-21(23,24)13-28-9-7-16(8-10-28)30-12-19-26-18-11-15(25-14-3-1-2-4-14)5-6-17(18)20(29)27-19/h5-6,11,14,16-17H,1-4,7-10,12-13H2,(H,26,27,29). The average Bonchev–Trinajstić information content (AvgIpc) is 3.19. The van der Waals surface area contributed by atoms with E-state index >= 15 is 0 Å². The van der Waals surface area contributed by atoms with Gasteiger partial charge in [0.2, 0.25) is 5.91 Å². The smallest absolute Gasteiger partial charge is 0.313 e. The number of nitrogens with zero attached hydrogens (tertiary/aromatic N) is 3. The normalized spacial score (nSPS) is 27.8. The summed E-state index contributed by atoms with van der Waals surface area (Å²) in [5.74, 6) is 0.731. The summed E-state index contributed by atoms with van der Waals surface area (Å²) in [4.78, 5) is 23.4. The first-order valence-electron chi connectivity index (χ1n) is 10.6. The zero-order valence-electron chi connectivity index (χ0n) is 16.8. The third-order valence-electron chi connectivity index (χ3n) is 5.94. The molecular weight excluding hydrogens is 413 g/mol. The van der Waals surface area contributed by atoms with Crippen LogP contribution in [0.1, 0.15) is 38.5 Å². The quantitative estimate of drug-likeness (QED) is 0.709. The summed E-state index contributed by atoms with van der Waals surface area (Å²) in [6.07, 6.45) is 7.68. The Bertz CT molecular complexity index is 776. The van der Waals surface area contributed by atoms with Crippen LogP contribution in [0.25, 0.3) is 0 Å². The lowest BCUT2D eigenvalue weighted by Crippen LogP contribution is -2.43. The maximum atomic E-state index is 12.5. The molecule has 30 heavy (non-hydrogen) atoms. The van der Waals surface area contributed by atoms with Crippen LogP contribution in [-0.2, 0) is 4.79 Å². The molecule has 2 aliphatic carbocycles. The van der Waals surface area contributed by atoms with E-state index in [9.17, 15) is 18.0 Å². The highest BCUT2D eigenvalue weighted by molar-refractivity contribution is 8.00.